The minimum absolute atomic E-state index is 0.0493. The molecule has 1 aromatic rings. The van der Waals surface area contributed by atoms with Crippen molar-refractivity contribution in [2.45, 2.75) is 19.9 Å². The van der Waals surface area contributed by atoms with Gasteiger partial charge in [0.15, 0.2) is 0 Å². The van der Waals surface area contributed by atoms with E-state index in [2.05, 4.69) is 5.32 Å². The molecule has 1 unspecified atom stereocenters. The number of carboxylic acids is 1. The van der Waals surface area contributed by atoms with Gasteiger partial charge in [0.1, 0.15) is 6.04 Å². The highest BCUT2D eigenvalue weighted by Gasteiger charge is 2.20. The molecule has 6 heteroatoms. The second-order valence-electron chi connectivity index (χ2n) is 4.42. The zero-order chi connectivity index (χ0) is 13.7. The maximum atomic E-state index is 11.1. The van der Waals surface area contributed by atoms with Crippen LogP contribution in [0.15, 0.2) is 24.3 Å². The van der Waals surface area contributed by atoms with Crippen LogP contribution in [0.2, 0.25) is 0 Å². The summed E-state index contributed by atoms with van der Waals surface area (Å²) >= 11 is 0. The van der Waals surface area contributed by atoms with Gasteiger partial charge in [-0.2, -0.15) is 0 Å². The van der Waals surface area contributed by atoms with Crippen molar-refractivity contribution in [3.8, 4) is 0 Å². The van der Waals surface area contributed by atoms with Crippen molar-refractivity contribution in [2.75, 3.05) is 6.54 Å². The number of aliphatic carboxylic acids is 1. The van der Waals surface area contributed by atoms with E-state index in [1.807, 2.05) is 13.8 Å². The highest BCUT2D eigenvalue weighted by atomic mass is 16.6. The minimum Gasteiger partial charge on any atom is -0.480 e. The lowest BCUT2D eigenvalue weighted by Gasteiger charge is -2.16. The Balaban J connectivity index is 2.85. The Morgan fingerprint density at radius 1 is 1.39 bits per heavy atom. The molecule has 0 heterocycles. The molecule has 98 valence electrons. The molecule has 0 aliphatic heterocycles. The average Bonchev–Trinajstić information content (AvgIpc) is 2.29. The lowest BCUT2D eigenvalue weighted by molar-refractivity contribution is -0.384. The fourth-order valence-electron chi connectivity index (χ4n) is 1.49. The van der Waals surface area contributed by atoms with Gasteiger partial charge in [0.2, 0.25) is 0 Å². The van der Waals surface area contributed by atoms with E-state index in [4.69, 9.17) is 5.11 Å². The first-order valence-electron chi connectivity index (χ1n) is 5.62. The SMILES string of the molecule is CC(C)CNC(C(=O)O)c1ccc([N+](=O)[O-])cc1. The van der Waals surface area contributed by atoms with Crippen molar-refractivity contribution >= 4 is 11.7 Å². The van der Waals surface area contributed by atoms with E-state index in [1.54, 1.807) is 0 Å². The number of non-ortho nitro benzene ring substituents is 1. The Morgan fingerprint density at radius 3 is 2.33 bits per heavy atom. The number of nitro benzene ring substituents is 1. The van der Waals surface area contributed by atoms with Crippen LogP contribution < -0.4 is 5.32 Å². The van der Waals surface area contributed by atoms with Crippen molar-refractivity contribution < 1.29 is 14.8 Å². The molecule has 0 saturated carbocycles. The first-order valence-corrected chi connectivity index (χ1v) is 5.62. The molecule has 1 atom stereocenters. The molecule has 0 bridgehead atoms. The third-order valence-electron chi connectivity index (χ3n) is 2.41. The minimum atomic E-state index is -0.996. The predicted octanol–water partition coefficient (Wildman–Crippen LogP) is 1.97. The lowest BCUT2D eigenvalue weighted by atomic mass is 10.1. The number of hydrogen-bond donors (Lipinski definition) is 2. The maximum Gasteiger partial charge on any atom is 0.325 e. The number of nitrogens with one attached hydrogen (secondary N) is 1. The molecular weight excluding hydrogens is 236 g/mol. The molecule has 0 aliphatic rings. The van der Waals surface area contributed by atoms with Gasteiger partial charge in [0.05, 0.1) is 4.92 Å². The van der Waals surface area contributed by atoms with Crippen LogP contribution in [0.4, 0.5) is 5.69 Å². The predicted molar refractivity (Wildman–Crippen MR) is 66.3 cm³/mol. The van der Waals surface area contributed by atoms with Gasteiger partial charge in [-0.05, 0) is 18.0 Å². The van der Waals surface area contributed by atoms with Crippen molar-refractivity contribution in [2.24, 2.45) is 5.92 Å². The van der Waals surface area contributed by atoms with Crippen LogP contribution in [0.5, 0.6) is 0 Å². The topological polar surface area (TPSA) is 92.5 Å². The van der Waals surface area contributed by atoms with Gasteiger partial charge in [0, 0.05) is 12.1 Å². The molecule has 0 amide bonds. The van der Waals surface area contributed by atoms with Crippen LogP contribution in [0.25, 0.3) is 0 Å². The molecule has 0 spiro atoms. The number of hydrogen-bond acceptors (Lipinski definition) is 4. The van der Waals surface area contributed by atoms with Crippen molar-refractivity contribution in [3.63, 3.8) is 0 Å². The number of nitro groups is 1. The number of nitrogens with zero attached hydrogens (tertiary/aromatic N) is 1. The summed E-state index contributed by atoms with van der Waals surface area (Å²) in [5.74, 6) is -0.672. The maximum absolute atomic E-state index is 11.1. The van der Waals surface area contributed by atoms with Gasteiger partial charge in [-0.3, -0.25) is 14.9 Å². The molecule has 1 aromatic carbocycles. The Bertz CT molecular complexity index is 428. The molecule has 2 N–H and O–H groups in total. The van der Waals surface area contributed by atoms with Crippen LogP contribution in [0.3, 0.4) is 0 Å². The first kappa shape index (κ1) is 14.1. The van der Waals surface area contributed by atoms with Crippen LogP contribution in [-0.2, 0) is 4.79 Å². The Morgan fingerprint density at radius 2 is 1.94 bits per heavy atom. The third kappa shape index (κ3) is 3.81. The largest absolute Gasteiger partial charge is 0.480 e. The molecular formula is C12H16N2O4. The fraction of sp³-hybridized carbons (Fsp3) is 0.417. The summed E-state index contributed by atoms with van der Waals surface area (Å²) in [5, 5.41) is 22.5. The van der Waals surface area contributed by atoms with Gasteiger partial charge >= 0.3 is 5.97 Å². The summed E-state index contributed by atoms with van der Waals surface area (Å²) in [4.78, 5) is 21.1. The highest BCUT2D eigenvalue weighted by molar-refractivity contribution is 5.75. The first-order chi connectivity index (χ1) is 8.41. The van der Waals surface area contributed by atoms with Gasteiger partial charge in [-0.1, -0.05) is 26.0 Å². The van der Waals surface area contributed by atoms with E-state index in [0.29, 0.717) is 18.0 Å². The smallest absolute Gasteiger partial charge is 0.325 e. The molecule has 1 rings (SSSR count). The van der Waals surface area contributed by atoms with Crippen molar-refractivity contribution in [1.82, 2.24) is 5.32 Å². The summed E-state index contributed by atoms with van der Waals surface area (Å²) in [6, 6.07) is 4.70. The van der Waals surface area contributed by atoms with E-state index in [-0.39, 0.29) is 5.69 Å². The van der Waals surface area contributed by atoms with Gasteiger partial charge in [0.25, 0.3) is 5.69 Å². The lowest BCUT2D eigenvalue weighted by Crippen LogP contribution is -2.31. The fourth-order valence-corrected chi connectivity index (χ4v) is 1.49. The van der Waals surface area contributed by atoms with Crippen LogP contribution in [-0.4, -0.2) is 22.5 Å². The number of rotatable bonds is 6. The molecule has 0 saturated heterocycles. The third-order valence-corrected chi connectivity index (χ3v) is 2.41. The summed E-state index contributed by atoms with van der Waals surface area (Å²) in [6.07, 6.45) is 0. The summed E-state index contributed by atoms with van der Waals surface area (Å²) in [6.45, 7) is 4.51. The second-order valence-corrected chi connectivity index (χ2v) is 4.42. The Kier molecular flexibility index (Phi) is 4.79. The van der Waals surface area contributed by atoms with Gasteiger partial charge in [-0.15, -0.1) is 0 Å². The number of benzene rings is 1. The van der Waals surface area contributed by atoms with Crippen LogP contribution in [0, 0.1) is 16.0 Å². The summed E-state index contributed by atoms with van der Waals surface area (Å²) in [7, 11) is 0. The molecule has 6 nitrogen and oxygen atoms in total. The average molecular weight is 252 g/mol. The molecule has 0 radical (unpaired) electrons. The summed E-state index contributed by atoms with van der Waals surface area (Å²) < 4.78 is 0. The van der Waals surface area contributed by atoms with Crippen molar-refractivity contribution in [3.05, 3.63) is 39.9 Å². The van der Waals surface area contributed by atoms with E-state index < -0.39 is 16.9 Å². The van der Waals surface area contributed by atoms with E-state index >= 15 is 0 Å². The van der Waals surface area contributed by atoms with Gasteiger partial charge < -0.3 is 10.4 Å². The standard InChI is InChI=1S/C12H16N2O4/c1-8(2)7-13-11(12(15)16)9-3-5-10(6-4-9)14(17)18/h3-6,8,11,13H,7H2,1-2H3,(H,15,16). The normalized spacial score (nSPS) is 12.4. The van der Waals surface area contributed by atoms with E-state index in [1.165, 1.54) is 24.3 Å². The summed E-state index contributed by atoms with van der Waals surface area (Å²) in [5.41, 5.74) is 0.459. The Labute approximate surface area is 105 Å². The van der Waals surface area contributed by atoms with Crippen molar-refractivity contribution in [1.29, 1.82) is 0 Å². The van der Waals surface area contributed by atoms with E-state index in [0.717, 1.165) is 0 Å². The molecule has 0 aliphatic carbocycles. The zero-order valence-corrected chi connectivity index (χ0v) is 10.3. The quantitative estimate of drug-likeness (QED) is 0.596. The van der Waals surface area contributed by atoms with Crippen LogP contribution in [0.1, 0.15) is 25.5 Å². The Hall–Kier alpha value is -1.95. The molecule has 0 aromatic heterocycles. The van der Waals surface area contributed by atoms with E-state index in [9.17, 15) is 14.9 Å². The van der Waals surface area contributed by atoms with Gasteiger partial charge in [-0.25, -0.2) is 0 Å². The molecule has 0 fully saturated rings. The monoisotopic (exact) mass is 252 g/mol. The zero-order valence-electron chi connectivity index (χ0n) is 10.3. The molecule has 18 heavy (non-hydrogen) atoms. The highest BCUT2D eigenvalue weighted by Crippen LogP contribution is 2.18. The van der Waals surface area contributed by atoms with Crippen LogP contribution >= 0.6 is 0 Å². The number of carbonyl (C=O) groups is 1. The second kappa shape index (κ2) is 6.11. The number of carboxylic acid groups (broad SMARTS) is 1.